The third-order valence-corrected chi connectivity index (χ3v) is 6.22. The Kier molecular flexibility index (Phi) is 7.39. The van der Waals surface area contributed by atoms with Crippen LogP contribution in [0, 0.1) is 5.92 Å². The summed E-state index contributed by atoms with van der Waals surface area (Å²) in [5.74, 6) is -2.54. The summed E-state index contributed by atoms with van der Waals surface area (Å²) in [5.41, 5.74) is 0.796. The largest absolute Gasteiger partial charge is 0.373 e. The fraction of sp³-hybridized carbons (Fsp3) is 0.571. The molecule has 0 bridgehead atoms. The van der Waals surface area contributed by atoms with E-state index in [2.05, 4.69) is 4.90 Å². The molecule has 2 aliphatic rings. The van der Waals surface area contributed by atoms with E-state index < -0.39 is 17.6 Å². The van der Waals surface area contributed by atoms with Gasteiger partial charge >= 0.3 is 0 Å². The van der Waals surface area contributed by atoms with Gasteiger partial charge in [0.05, 0.1) is 22.3 Å². The van der Waals surface area contributed by atoms with Gasteiger partial charge < -0.3 is 14.5 Å². The first kappa shape index (κ1) is 23.0. The molecule has 2 amide bonds. The fourth-order valence-corrected chi connectivity index (χ4v) is 4.38. The number of ether oxygens (including phenoxy) is 1. The van der Waals surface area contributed by atoms with E-state index in [0.29, 0.717) is 23.1 Å². The highest BCUT2D eigenvalue weighted by molar-refractivity contribution is 6.42. The SMILES string of the molecule is CC1CN(CCN2CC(C(=O)N(C)Cc3ccc(Cl)c(Cl)c3)C(=O)C2=O)CC(C)O1. The Morgan fingerprint density at radius 1 is 1.10 bits per heavy atom. The summed E-state index contributed by atoms with van der Waals surface area (Å²) in [4.78, 5) is 42.9. The molecule has 0 spiro atoms. The number of hydrogen-bond donors (Lipinski definition) is 0. The van der Waals surface area contributed by atoms with E-state index in [1.807, 2.05) is 13.8 Å². The standard InChI is InChI=1S/C21H27Cl2N3O4/c1-13-9-25(10-14(2)30-13)6-7-26-12-16(19(27)21(26)29)20(28)24(3)11-15-4-5-17(22)18(23)8-15/h4-5,8,13-14,16H,6-7,9-12H2,1-3H3. The number of likely N-dealkylation sites (tertiary alicyclic amines) is 1. The molecule has 0 aromatic heterocycles. The van der Waals surface area contributed by atoms with Crippen molar-refractivity contribution in [3.63, 3.8) is 0 Å². The normalized spacial score (nSPS) is 25.1. The van der Waals surface area contributed by atoms with Crippen molar-refractivity contribution < 1.29 is 19.1 Å². The van der Waals surface area contributed by atoms with Gasteiger partial charge in [-0.05, 0) is 31.5 Å². The molecule has 2 heterocycles. The molecule has 30 heavy (non-hydrogen) atoms. The quantitative estimate of drug-likeness (QED) is 0.485. The summed E-state index contributed by atoms with van der Waals surface area (Å²) in [7, 11) is 1.61. The third-order valence-electron chi connectivity index (χ3n) is 5.48. The number of nitrogens with zero attached hydrogens (tertiary/aromatic N) is 3. The Balaban J connectivity index is 1.57. The molecule has 164 valence electrons. The monoisotopic (exact) mass is 455 g/mol. The van der Waals surface area contributed by atoms with Crippen molar-refractivity contribution in [1.29, 1.82) is 0 Å². The minimum absolute atomic E-state index is 0.123. The molecular weight excluding hydrogens is 429 g/mol. The van der Waals surface area contributed by atoms with E-state index in [-0.39, 0.29) is 31.2 Å². The molecule has 7 nitrogen and oxygen atoms in total. The van der Waals surface area contributed by atoms with E-state index in [1.165, 1.54) is 9.80 Å². The van der Waals surface area contributed by atoms with Crippen LogP contribution in [-0.4, -0.2) is 84.3 Å². The highest BCUT2D eigenvalue weighted by Gasteiger charge is 2.44. The molecule has 3 rings (SSSR count). The molecule has 3 atom stereocenters. The van der Waals surface area contributed by atoms with Crippen LogP contribution in [0.25, 0.3) is 0 Å². The molecule has 9 heteroatoms. The summed E-state index contributed by atoms with van der Waals surface area (Å²) in [6.07, 6.45) is 0.267. The molecule has 2 fully saturated rings. The van der Waals surface area contributed by atoms with Crippen LogP contribution >= 0.6 is 23.2 Å². The van der Waals surface area contributed by atoms with Gasteiger partial charge in [-0.1, -0.05) is 29.3 Å². The topological polar surface area (TPSA) is 70.2 Å². The van der Waals surface area contributed by atoms with Gasteiger partial charge in [-0.3, -0.25) is 19.3 Å². The number of halogens is 2. The smallest absolute Gasteiger partial charge is 0.290 e. The number of morpholine rings is 1. The van der Waals surface area contributed by atoms with Gasteiger partial charge in [-0.25, -0.2) is 0 Å². The second-order valence-corrected chi connectivity index (χ2v) is 8.94. The fourth-order valence-electron chi connectivity index (χ4n) is 4.06. The lowest BCUT2D eigenvalue weighted by atomic mass is 10.1. The Labute approximate surface area is 186 Å². The van der Waals surface area contributed by atoms with Crippen molar-refractivity contribution in [3.8, 4) is 0 Å². The summed E-state index contributed by atoms with van der Waals surface area (Å²) in [5, 5.41) is 0.839. The van der Waals surface area contributed by atoms with E-state index in [0.717, 1.165) is 18.7 Å². The van der Waals surface area contributed by atoms with E-state index in [4.69, 9.17) is 27.9 Å². The zero-order valence-corrected chi connectivity index (χ0v) is 18.9. The Hall–Kier alpha value is -1.67. The number of carbonyl (C=O) groups excluding carboxylic acids is 3. The van der Waals surface area contributed by atoms with Gasteiger partial charge in [0, 0.05) is 46.3 Å². The van der Waals surface area contributed by atoms with Crippen LogP contribution in [-0.2, 0) is 25.7 Å². The highest BCUT2D eigenvalue weighted by atomic mass is 35.5. The predicted molar refractivity (Wildman–Crippen MR) is 114 cm³/mol. The van der Waals surface area contributed by atoms with Crippen LogP contribution in [0.5, 0.6) is 0 Å². The lowest BCUT2D eigenvalue weighted by Gasteiger charge is -2.36. The summed E-state index contributed by atoms with van der Waals surface area (Å²) >= 11 is 12.0. The second-order valence-electron chi connectivity index (χ2n) is 8.13. The van der Waals surface area contributed by atoms with Crippen LogP contribution in [0.1, 0.15) is 19.4 Å². The van der Waals surface area contributed by atoms with Crippen molar-refractivity contribution in [3.05, 3.63) is 33.8 Å². The predicted octanol–water partition coefficient (Wildman–Crippen LogP) is 2.09. The molecule has 1 aromatic carbocycles. The molecule has 0 radical (unpaired) electrons. The number of Topliss-reactive ketones (excluding diaryl/α,β-unsaturated/α-hetero) is 1. The maximum atomic E-state index is 12.8. The van der Waals surface area contributed by atoms with Crippen molar-refractivity contribution in [1.82, 2.24) is 14.7 Å². The van der Waals surface area contributed by atoms with E-state index >= 15 is 0 Å². The summed E-state index contributed by atoms with van der Waals surface area (Å²) in [6.45, 7) is 7.08. The zero-order valence-electron chi connectivity index (χ0n) is 17.4. The number of rotatable bonds is 6. The van der Waals surface area contributed by atoms with Gasteiger partial charge in [-0.15, -0.1) is 0 Å². The van der Waals surface area contributed by atoms with Gasteiger partial charge in [0.15, 0.2) is 0 Å². The van der Waals surface area contributed by atoms with Crippen molar-refractivity contribution in [2.24, 2.45) is 5.92 Å². The van der Waals surface area contributed by atoms with Crippen molar-refractivity contribution >= 4 is 40.8 Å². The number of hydrogen-bond acceptors (Lipinski definition) is 5. The summed E-state index contributed by atoms with van der Waals surface area (Å²) < 4.78 is 5.72. The third kappa shape index (κ3) is 5.32. The lowest BCUT2D eigenvalue weighted by Crippen LogP contribution is -2.48. The van der Waals surface area contributed by atoms with Gasteiger partial charge in [-0.2, -0.15) is 0 Å². The minimum atomic E-state index is -0.965. The number of amides is 2. The van der Waals surface area contributed by atoms with Crippen molar-refractivity contribution in [2.75, 3.05) is 39.8 Å². The first-order chi connectivity index (χ1) is 14.2. The number of carbonyl (C=O) groups is 3. The first-order valence-corrected chi connectivity index (χ1v) is 10.8. The van der Waals surface area contributed by atoms with Gasteiger partial charge in [0.1, 0.15) is 5.92 Å². The molecule has 2 aliphatic heterocycles. The van der Waals surface area contributed by atoms with Crippen LogP contribution in [0.2, 0.25) is 10.0 Å². The first-order valence-electron chi connectivity index (χ1n) is 10.1. The molecule has 3 unspecified atom stereocenters. The molecule has 0 saturated carbocycles. The Morgan fingerprint density at radius 2 is 1.77 bits per heavy atom. The molecule has 0 aliphatic carbocycles. The Morgan fingerprint density at radius 3 is 2.40 bits per heavy atom. The number of benzene rings is 1. The van der Waals surface area contributed by atoms with E-state index in [9.17, 15) is 14.4 Å². The lowest BCUT2D eigenvalue weighted by molar-refractivity contribution is -0.144. The molecule has 1 aromatic rings. The maximum absolute atomic E-state index is 12.8. The van der Waals surface area contributed by atoms with Crippen LogP contribution in [0.15, 0.2) is 18.2 Å². The van der Waals surface area contributed by atoms with Crippen molar-refractivity contribution in [2.45, 2.75) is 32.6 Å². The van der Waals surface area contributed by atoms with Crippen LogP contribution in [0.3, 0.4) is 0 Å². The molecule has 2 saturated heterocycles. The molecule has 0 N–H and O–H groups in total. The Bertz CT molecular complexity index is 824. The van der Waals surface area contributed by atoms with Gasteiger partial charge in [0.2, 0.25) is 11.7 Å². The highest BCUT2D eigenvalue weighted by Crippen LogP contribution is 2.24. The molecular formula is C21H27Cl2N3O4. The second kappa shape index (κ2) is 9.64. The number of ketones is 1. The average Bonchev–Trinajstić information content (AvgIpc) is 2.96. The summed E-state index contributed by atoms with van der Waals surface area (Å²) in [6, 6.07) is 5.12. The van der Waals surface area contributed by atoms with Crippen LogP contribution in [0.4, 0.5) is 0 Å². The zero-order chi connectivity index (χ0) is 22.0. The average molecular weight is 456 g/mol. The van der Waals surface area contributed by atoms with Crippen LogP contribution < -0.4 is 0 Å². The van der Waals surface area contributed by atoms with Gasteiger partial charge in [0.25, 0.3) is 5.91 Å². The van der Waals surface area contributed by atoms with E-state index in [1.54, 1.807) is 25.2 Å². The maximum Gasteiger partial charge on any atom is 0.290 e. The minimum Gasteiger partial charge on any atom is -0.373 e.